The van der Waals surface area contributed by atoms with Crippen LogP contribution in [0.15, 0.2) is 83.5 Å². The fraction of sp³-hybridized carbons (Fsp3) is 0.200. The highest BCUT2D eigenvalue weighted by Gasteiger charge is 2.16. The minimum absolute atomic E-state index is 0.205. The van der Waals surface area contributed by atoms with Crippen LogP contribution in [0.1, 0.15) is 11.3 Å². The van der Waals surface area contributed by atoms with E-state index in [2.05, 4.69) is 20.6 Å². The highest BCUT2D eigenvalue weighted by atomic mass is 35.5. The molecule has 0 atom stereocenters. The van der Waals surface area contributed by atoms with Crippen LogP contribution in [0.2, 0.25) is 24.2 Å². The van der Waals surface area contributed by atoms with Crippen LogP contribution in [0.4, 0.5) is 15.9 Å². The van der Waals surface area contributed by atoms with Crippen LogP contribution < -0.4 is 15.4 Å². The summed E-state index contributed by atoms with van der Waals surface area (Å²) in [4.78, 5) is 18.9. The summed E-state index contributed by atoms with van der Waals surface area (Å²) in [6, 6.07) is 22.2. The Hall–Kier alpha value is -3.76. The fourth-order valence-electron chi connectivity index (χ4n) is 4.16. The molecule has 5 rings (SSSR count). The topological polar surface area (TPSA) is 92.4 Å². The summed E-state index contributed by atoms with van der Waals surface area (Å²) in [6.45, 7) is 5.41. The van der Waals surface area contributed by atoms with Gasteiger partial charge in [0.05, 0.1) is 17.1 Å². The molecule has 5 aromatic rings. The lowest BCUT2D eigenvalue weighted by Gasteiger charge is -2.13. The minimum atomic E-state index is -2.06. The van der Waals surface area contributed by atoms with Gasteiger partial charge in [0.25, 0.3) is 0 Å². The molecule has 0 unspecified atom stereocenters. The van der Waals surface area contributed by atoms with Gasteiger partial charge in [-0.15, -0.1) is 0 Å². The van der Waals surface area contributed by atoms with E-state index in [-0.39, 0.29) is 12.4 Å². The number of fused-ring (bicyclic) bond motifs is 1. The van der Waals surface area contributed by atoms with Crippen molar-refractivity contribution in [2.75, 3.05) is 11.9 Å². The monoisotopic (exact) mass is 576 g/mol. The number of nitrogens with zero attached hydrogens (tertiary/aromatic N) is 2. The first-order chi connectivity index (χ1) is 19.2. The van der Waals surface area contributed by atoms with E-state index in [9.17, 15) is 9.19 Å². The van der Waals surface area contributed by atoms with Gasteiger partial charge in [-0.05, 0) is 91.9 Å². The molecule has 0 aliphatic rings. The zero-order valence-electron chi connectivity index (χ0n) is 22.2. The second-order valence-corrected chi connectivity index (χ2v) is 14.7. The van der Waals surface area contributed by atoms with Crippen LogP contribution in [-0.2, 0) is 13.2 Å². The van der Waals surface area contributed by atoms with Crippen molar-refractivity contribution in [3.05, 3.63) is 101 Å². The van der Waals surface area contributed by atoms with E-state index in [4.69, 9.17) is 20.8 Å². The van der Waals surface area contributed by atoms with E-state index in [1.54, 1.807) is 24.3 Å². The third-order valence-electron chi connectivity index (χ3n) is 6.27. The number of anilines is 2. The molecule has 0 bridgehead atoms. The van der Waals surface area contributed by atoms with Crippen molar-refractivity contribution in [1.82, 2.24) is 15.3 Å². The summed E-state index contributed by atoms with van der Waals surface area (Å²) in [6.07, 6.45) is 1.51. The largest absolute Gasteiger partial charge is 0.487 e. The van der Waals surface area contributed by atoms with Gasteiger partial charge in [-0.1, -0.05) is 23.7 Å². The van der Waals surface area contributed by atoms with Crippen LogP contribution >= 0.6 is 11.6 Å². The van der Waals surface area contributed by atoms with Crippen LogP contribution in [0, 0.1) is 5.82 Å². The van der Waals surface area contributed by atoms with Crippen LogP contribution in [0.5, 0.6) is 5.75 Å². The molecule has 0 saturated heterocycles. The minimum Gasteiger partial charge on any atom is -0.487 e. The van der Waals surface area contributed by atoms with E-state index in [0.717, 1.165) is 46.3 Å². The highest BCUT2D eigenvalue weighted by molar-refractivity contribution is 6.69. The predicted molar refractivity (Wildman–Crippen MR) is 159 cm³/mol. The fourth-order valence-corrected chi connectivity index (χ4v) is 5.19. The summed E-state index contributed by atoms with van der Waals surface area (Å²) in [5.41, 5.74) is 3.13. The summed E-state index contributed by atoms with van der Waals surface area (Å²) in [5, 5.41) is 7.91. The van der Waals surface area contributed by atoms with Crippen molar-refractivity contribution in [3.8, 4) is 17.1 Å². The van der Waals surface area contributed by atoms with Gasteiger partial charge < -0.3 is 24.6 Å². The molecule has 0 spiro atoms. The Bertz CT molecular complexity index is 1620. The molecule has 2 heterocycles. The number of rotatable bonds is 11. The Kier molecular flexibility index (Phi) is 8.46. The molecule has 0 fully saturated rings. The third-order valence-corrected chi connectivity index (χ3v) is 8.04. The Morgan fingerprint density at radius 1 is 1.02 bits per heavy atom. The van der Waals surface area contributed by atoms with Gasteiger partial charge in [-0.3, -0.25) is 0 Å². The normalized spacial score (nSPS) is 11.6. The van der Waals surface area contributed by atoms with E-state index >= 15 is 0 Å². The number of hydrogen-bond donors (Lipinski definition) is 3. The van der Waals surface area contributed by atoms with Crippen molar-refractivity contribution in [1.29, 1.82) is 0 Å². The average molecular weight is 577 g/mol. The van der Waals surface area contributed by atoms with Crippen molar-refractivity contribution < 1.29 is 18.3 Å². The zero-order valence-corrected chi connectivity index (χ0v) is 24.0. The number of aromatic nitrogens is 2. The summed E-state index contributed by atoms with van der Waals surface area (Å²) < 4.78 is 25.3. The van der Waals surface area contributed by atoms with Crippen LogP contribution in [-0.4, -0.2) is 29.6 Å². The molecule has 3 aromatic carbocycles. The predicted octanol–water partition coefficient (Wildman–Crippen LogP) is 7.29. The number of benzene rings is 3. The second kappa shape index (κ2) is 12.2. The third kappa shape index (κ3) is 7.25. The molecule has 206 valence electrons. The first kappa shape index (κ1) is 27.8. The molecular weight excluding hydrogens is 547 g/mol. The van der Waals surface area contributed by atoms with Gasteiger partial charge in [0, 0.05) is 16.6 Å². The molecule has 40 heavy (non-hydrogen) atoms. The van der Waals surface area contributed by atoms with Gasteiger partial charge in [0.1, 0.15) is 41.8 Å². The lowest BCUT2D eigenvalue weighted by atomic mass is 10.1. The molecule has 3 N–H and O–H groups in total. The quantitative estimate of drug-likeness (QED) is 0.112. The van der Waals surface area contributed by atoms with E-state index in [1.165, 1.54) is 18.5 Å². The molecule has 7 nitrogen and oxygen atoms in total. The Morgan fingerprint density at radius 2 is 1.90 bits per heavy atom. The van der Waals surface area contributed by atoms with Gasteiger partial charge in [0.2, 0.25) is 0 Å². The van der Waals surface area contributed by atoms with E-state index < -0.39 is 8.32 Å². The first-order valence-corrected chi connectivity index (χ1v) is 16.5. The van der Waals surface area contributed by atoms with Gasteiger partial charge in [-0.2, -0.15) is 0 Å². The van der Waals surface area contributed by atoms with Crippen molar-refractivity contribution in [3.63, 3.8) is 0 Å². The maximum absolute atomic E-state index is 13.4. The summed E-state index contributed by atoms with van der Waals surface area (Å²) in [5.74, 6) is 2.38. The second-order valence-electron chi connectivity index (χ2n) is 10.1. The Balaban J connectivity index is 1.29. The average Bonchev–Trinajstić information content (AvgIpc) is 3.39. The van der Waals surface area contributed by atoms with E-state index in [1.807, 2.05) is 49.5 Å². The van der Waals surface area contributed by atoms with Gasteiger partial charge in [0.15, 0.2) is 8.32 Å². The number of halogens is 2. The molecule has 0 aliphatic heterocycles. The van der Waals surface area contributed by atoms with Crippen molar-refractivity contribution in [2.24, 2.45) is 0 Å². The molecular formula is C30H30ClFN4O3Si. The van der Waals surface area contributed by atoms with Crippen LogP contribution in [0.3, 0.4) is 0 Å². The Labute approximate surface area is 238 Å². The Morgan fingerprint density at radius 3 is 2.70 bits per heavy atom. The van der Waals surface area contributed by atoms with Crippen LogP contribution in [0.25, 0.3) is 22.2 Å². The smallest absolute Gasteiger partial charge is 0.183 e. The lowest BCUT2D eigenvalue weighted by molar-refractivity contribution is 0.306. The SMILES string of the molecule is C[Si](C)(O)CCNCc1ccc(-c2ccc3ncnc(Nc4ccc(OCc5cccc(F)c5)c(Cl)c4)c3c2)o1. The molecule has 0 saturated carbocycles. The molecule has 10 heteroatoms. The molecule has 2 aromatic heterocycles. The number of nitrogens with one attached hydrogen (secondary N) is 2. The summed E-state index contributed by atoms with van der Waals surface area (Å²) >= 11 is 6.49. The summed E-state index contributed by atoms with van der Waals surface area (Å²) in [7, 11) is -2.06. The highest BCUT2D eigenvalue weighted by Crippen LogP contribution is 2.33. The lowest BCUT2D eigenvalue weighted by Crippen LogP contribution is -2.30. The van der Waals surface area contributed by atoms with Crippen molar-refractivity contribution >= 4 is 42.3 Å². The first-order valence-electron chi connectivity index (χ1n) is 12.9. The maximum atomic E-state index is 13.4. The van der Waals surface area contributed by atoms with Crippen molar-refractivity contribution in [2.45, 2.75) is 32.3 Å². The van der Waals surface area contributed by atoms with Gasteiger partial charge >= 0.3 is 0 Å². The molecule has 0 amide bonds. The zero-order chi connectivity index (χ0) is 28.1. The van der Waals surface area contributed by atoms with Gasteiger partial charge in [-0.25, -0.2) is 14.4 Å². The molecule has 0 aliphatic carbocycles. The maximum Gasteiger partial charge on any atom is 0.183 e. The number of hydrogen-bond acceptors (Lipinski definition) is 7. The molecule has 0 radical (unpaired) electrons. The standard InChI is InChI=1S/C30H30ClFN4O3Si/c1-40(2,37)13-12-33-17-24-8-11-28(39-24)21-6-9-27-25(15-21)30(35-19-34-27)36-23-7-10-29(26(31)16-23)38-18-20-4-3-5-22(32)14-20/h3-11,14-16,19,33,37H,12-13,17-18H2,1-2H3,(H,34,35,36). The van der Waals surface area contributed by atoms with E-state index in [0.29, 0.717) is 28.7 Å². The number of ether oxygens (including phenoxy) is 1. The number of furan rings is 1.